The molecule has 0 radical (unpaired) electrons. The van der Waals surface area contributed by atoms with Crippen molar-refractivity contribution < 1.29 is 4.74 Å². The van der Waals surface area contributed by atoms with Crippen LogP contribution in [0, 0.1) is 0 Å². The van der Waals surface area contributed by atoms with Crippen molar-refractivity contribution in [2.45, 2.75) is 5.92 Å². The highest BCUT2D eigenvalue weighted by Gasteiger charge is 2.29. The quantitative estimate of drug-likeness (QED) is 0.682. The average Bonchev–Trinajstić information content (AvgIpc) is 3.02. The highest BCUT2D eigenvalue weighted by molar-refractivity contribution is 6.32. The number of para-hydroxylation sites is 1. The van der Waals surface area contributed by atoms with Gasteiger partial charge in [-0.15, -0.1) is 10.2 Å². The Morgan fingerprint density at radius 2 is 2.16 bits per heavy atom. The Bertz CT molecular complexity index is 770. The maximum atomic E-state index is 6.01. The van der Waals surface area contributed by atoms with Gasteiger partial charge in [-0.3, -0.25) is 4.40 Å². The topological polar surface area (TPSA) is 52.3 Å². The molecule has 1 aliphatic rings. The van der Waals surface area contributed by atoms with Crippen molar-refractivity contribution in [1.82, 2.24) is 19.6 Å². The van der Waals surface area contributed by atoms with Crippen LogP contribution in [0.15, 0.2) is 36.7 Å². The molecule has 0 saturated carbocycles. The van der Waals surface area contributed by atoms with Crippen molar-refractivity contribution in [3.8, 4) is 5.75 Å². The van der Waals surface area contributed by atoms with Crippen LogP contribution in [0.3, 0.4) is 0 Å². The molecule has 1 atom stereocenters. The van der Waals surface area contributed by atoms with Crippen LogP contribution < -0.4 is 4.74 Å². The molecule has 0 N–H and O–H groups in total. The first-order valence-corrected chi connectivity index (χ1v) is 6.29. The number of aromatic nitrogens is 4. The number of hydrogen-bond donors (Lipinski definition) is 0. The van der Waals surface area contributed by atoms with Crippen LogP contribution in [0.2, 0.25) is 5.15 Å². The Morgan fingerprint density at radius 3 is 3.11 bits per heavy atom. The van der Waals surface area contributed by atoms with Crippen molar-refractivity contribution in [1.29, 1.82) is 0 Å². The molecule has 2 aromatic heterocycles. The zero-order valence-corrected chi connectivity index (χ0v) is 10.6. The van der Waals surface area contributed by atoms with Gasteiger partial charge >= 0.3 is 0 Å². The maximum absolute atomic E-state index is 6.01. The summed E-state index contributed by atoms with van der Waals surface area (Å²) in [5.74, 6) is 1.80. The number of rotatable bonds is 1. The number of benzene rings is 1. The summed E-state index contributed by atoms with van der Waals surface area (Å²) in [6, 6.07) is 7.98. The van der Waals surface area contributed by atoms with E-state index >= 15 is 0 Å². The van der Waals surface area contributed by atoms with E-state index in [1.165, 1.54) is 0 Å². The van der Waals surface area contributed by atoms with Gasteiger partial charge in [0.1, 0.15) is 18.2 Å². The Hall–Kier alpha value is -2.14. The van der Waals surface area contributed by atoms with E-state index in [0.29, 0.717) is 17.4 Å². The Kier molecular flexibility index (Phi) is 2.22. The van der Waals surface area contributed by atoms with Crippen LogP contribution in [-0.4, -0.2) is 26.2 Å². The molecule has 0 fully saturated rings. The molecule has 1 unspecified atom stereocenters. The van der Waals surface area contributed by atoms with E-state index in [1.54, 1.807) is 6.20 Å². The monoisotopic (exact) mass is 272 g/mol. The molecular formula is C13H9ClN4O. The molecular weight excluding hydrogens is 264 g/mol. The fourth-order valence-corrected chi connectivity index (χ4v) is 2.61. The molecule has 1 aliphatic heterocycles. The molecule has 6 heteroatoms. The first kappa shape index (κ1) is 10.8. The fraction of sp³-hybridized carbons (Fsp3) is 0.154. The number of halogens is 1. The first-order valence-electron chi connectivity index (χ1n) is 5.91. The lowest BCUT2D eigenvalue weighted by molar-refractivity contribution is 0.339. The number of nitrogens with zero attached hydrogens (tertiary/aromatic N) is 4. The Balaban J connectivity index is 1.91. The molecule has 0 amide bonds. The number of fused-ring (bicyclic) bond motifs is 2. The van der Waals surface area contributed by atoms with Gasteiger partial charge < -0.3 is 4.74 Å². The van der Waals surface area contributed by atoms with Crippen LogP contribution in [-0.2, 0) is 0 Å². The van der Waals surface area contributed by atoms with E-state index in [1.807, 2.05) is 28.8 Å². The van der Waals surface area contributed by atoms with Gasteiger partial charge in [0, 0.05) is 18.0 Å². The summed E-state index contributed by atoms with van der Waals surface area (Å²) in [4.78, 5) is 4.00. The standard InChI is InChI=1S/C13H9ClN4O/c14-11-13-17-16-12(18(13)6-5-15-11)9-7-19-10-4-2-1-3-8(9)10/h1-6,9H,7H2. The maximum Gasteiger partial charge on any atom is 0.198 e. The van der Waals surface area contributed by atoms with Gasteiger partial charge in [0.2, 0.25) is 0 Å². The molecule has 19 heavy (non-hydrogen) atoms. The van der Waals surface area contributed by atoms with Gasteiger partial charge in [0.25, 0.3) is 0 Å². The summed E-state index contributed by atoms with van der Waals surface area (Å²) in [6.07, 6.45) is 3.46. The van der Waals surface area contributed by atoms with Gasteiger partial charge in [-0.05, 0) is 6.07 Å². The molecule has 0 aliphatic carbocycles. The highest BCUT2D eigenvalue weighted by atomic mass is 35.5. The van der Waals surface area contributed by atoms with Gasteiger partial charge in [-0.25, -0.2) is 4.98 Å². The number of hydrogen-bond acceptors (Lipinski definition) is 4. The summed E-state index contributed by atoms with van der Waals surface area (Å²) in [6.45, 7) is 0.570. The zero-order valence-electron chi connectivity index (χ0n) is 9.82. The van der Waals surface area contributed by atoms with Crippen molar-refractivity contribution in [3.63, 3.8) is 0 Å². The van der Waals surface area contributed by atoms with Crippen LogP contribution in [0.4, 0.5) is 0 Å². The second-order valence-electron chi connectivity index (χ2n) is 4.37. The highest BCUT2D eigenvalue weighted by Crippen LogP contribution is 2.37. The fourth-order valence-electron chi connectivity index (χ4n) is 2.43. The minimum atomic E-state index is 0.0738. The third kappa shape index (κ3) is 1.51. The molecule has 1 aromatic carbocycles. The third-order valence-corrected chi connectivity index (χ3v) is 3.59. The lowest BCUT2D eigenvalue weighted by Crippen LogP contribution is -2.07. The van der Waals surface area contributed by atoms with E-state index in [9.17, 15) is 0 Å². The SMILES string of the molecule is Clc1nccn2c(C3COc4ccccc43)nnc12. The summed E-state index contributed by atoms with van der Waals surface area (Å²) in [5, 5.41) is 8.70. The second kappa shape index (κ2) is 3.93. The summed E-state index contributed by atoms with van der Waals surface area (Å²) < 4.78 is 7.55. The molecule has 3 aromatic rings. The van der Waals surface area contributed by atoms with E-state index in [0.717, 1.165) is 17.1 Å². The van der Waals surface area contributed by atoms with Crippen molar-refractivity contribution in [2.24, 2.45) is 0 Å². The second-order valence-corrected chi connectivity index (χ2v) is 4.73. The minimum Gasteiger partial charge on any atom is -0.492 e. The molecule has 0 bridgehead atoms. The zero-order chi connectivity index (χ0) is 12.8. The van der Waals surface area contributed by atoms with Crippen LogP contribution in [0.25, 0.3) is 5.65 Å². The normalized spacial score (nSPS) is 17.4. The predicted molar refractivity (Wildman–Crippen MR) is 69.6 cm³/mol. The van der Waals surface area contributed by atoms with Crippen LogP contribution in [0.5, 0.6) is 5.75 Å². The average molecular weight is 273 g/mol. The third-order valence-electron chi connectivity index (χ3n) is 3.32. The molecule has 0 saturated heterocycles. The number of ether oxygens (including phenoxy) is 1. The van der Waals surface area contributed by atoms with E-state index < -0.39 is 0 Å². The first-order chi connectivity index (χ1) is 9.34. The van der Waals surface area contributed by atoms with Crippen molar-refractivity contribution in [3.05, 3.63) is 53.2 Å². The summed E-state index contributed by atoms with van der Waals surface area (Å²) in [7, 11) is 0. The van der Waals surface area contributed by atoms with Gasteiger partial charge in [-0.1, -0.05) is 29.8 Å². The minimum absolute atomic E-state index is 0.0738. The molecule has 3 heterocycles. The van der Waals surface area contributed by atoms with E-state index in [2.05, 4.69) is 21.2 Å². The van der Waals surface area contributed by atoms with E-state index in [4.69, 9.17) is 16.3 Å². The lowest BCUT2D eigenvalue weighted by Gasteiger charge is -2.06. The van der Waals surface area contributed by atoms with Gasteiger partial charge in [0.05, 0.1) is 5.92 Å². The largest absolute Gasteiger partial charge is 0.492 e. The Morgan fingerprint density at radius 1 is 1.26 bits per heavy atom. The molecule has 94 valence electrons. The van der Waals surface area contributed by atoms with Gasteiger partial charge in [0.15, 0.2) is 10.8 Å². The molecule has 0 spiro atoms. The summed E-state index contributed by atoms with van der Waals surface area (Å²) in [5.41, 5.74) is 1.70. The Labute approximate surface area is 113 Å². The lowest BCUT2D eigenvalue weighted by atomic mass is 10.0. The van der Waals surface area contributed by atoms with E-state index in [-0.39, 0.29) is 5.92 Å². The van der Waals surface area contributed by atoms with Crippen LogP contribution >= 0.6 is 11.6 Å². The van der Waals surface area contributed by atoms with Crippen LogP contribution in [0.1, 0.15) is 17.3 Å². The molecule has 5 nitrogen and oxygen atoms in total. The van der Waals surface area contributed by atoms with Crippen molar-refractivity contribution in [2.75, 3.05) is 6.61 Å². The molecule has 4 rings (SSSR count). The predicted octanol–water partition coefficient (Wildman–Crippen LogP) is 2.30. The van der Waals surface area contributed by atoms with Crippen molar-refractivity contribution >= 4 is 17.2 Å². The smallest absolute Gasteiger partial charge is 0.198 e. The summed E-state index contributed by atoms with van der Waals surface area (Å²) >= 11 is 6.01. The van der Waals surface area contributed by atoms with Gasteiger partial charge in [-0.2, -0.15) is 0 Å².